The lowest BCUT2D eigenvalue weighted by atomic mass is 10.0. The van der Waals surface area contributed by atoms with Crippen molar-refractivity contribution in [2.75, 3.05) is 10.6 Å². The Morgan fingerprint density at radius 3 is 2.55 bits per heavy atom. The molecule has 29 heavy (non-hydrogen) atoms. The van der Waals surface area contributed by atoms with Crippen molar-refractivity contribution in [3.8, 4) is 0 Å². The van der Waals surface area contributed by atoms with Crippen LogP contribution in [0.3, 0.4) is 0 Å². The van der Waals surface area contributed by atoms with Crippen LogP contribution in [-0.2, 0) is 9.59 Å². The highest BCUT2D eigenvalue weighted by atomic mass is 16.2. The van der Waals surface area contributed by atoms with E-state index in [4.69, 9.17) is 0 Å². The molecule has 0 saturated heterocycles. The molecule has 1 heterocycles. The summed E-state index contributed by atoms with van der Waals surface area (Å²) in [4.78, 5) is 37.7. The van der Waals surface area contributed by atoms with Crippen molar-refractivity contribution in [3.63, 3.8) is 0 Å². The summed E-state index contributed by atoms with van der Waals surface area (Å²) < 4.78 is 0. The Bertz CT molecular complexity index is 993. The molecule has 0 spiro atoms. The van der Waals surface area contributed by atoms with Gasteiger partial charge in [0.05, 0.1) is 0 Å². The molecule has 6 nitrogen and oxygen atoms in total. The third-order valence-electron chi connectivity index (χ3n) is 5.89. The molecule has 1 fully saturated rings. The lowest BCUT2D eigenvalue weighted by Gasteiger charge is -2.16. The molecule has 1 atom stereocenters. The maximum Gasteiger partial charge on any atom is 0.252 e. The van der Waals surface area contributed by atoms with Crippen LogP contribution in [0, 0.1) is 19.8 Å². The normalized spacial score (nSPS) is 18.3. The summed E-state index contributed by atoms with van der Waals surface area (Å²) in [7, 11) is 0. The quantitative estimate of drug-likeness (QED) is 0.740. The van der Waals surface area contributed by atoms with Crippen LogP contribution in [0.25, 0.3) is 0 Å². The van der Waals surface area contributed by atoms with E-state index in [9.17, 15) is 14.4 Å². The van der Waals surface area contributed by atoms with Gasteiger partial charge in [-0.3, -0.25) is 14.4 Å². The maximum atomic E-state index is 12.9. The largest absolute Gasteiger partial charge is 0.336 e. The second kappa shape index (κ2) is 7.70. The summed E-state index contributed by atoms with van der Waals surface area (Å²) in [6, 6.07) is 10.1. The predicted molar refractivity (Wildman–Crippen MR) is 112 cm³/mol. The smallest absolute Gasteiger partial charge is 0.252 e. The van der Waals surface area contributed by atoms with Crippen molar-refractivity contribution in [1.29, 1.82) is 0 Å². The van der Waals surface area contributed by atoms with E-state index in [0.29, 0.717) is 11.3 Å². The Labute approximate surface area is 170 Å². The number of rotatable bonds is 4. The van der Waals surface area contributed by atoms with Gasteiger partial charge in [-0.05, 0) is 56.0 Å². The summed E-state index contributed by atoms with van der Waals surface area (Å²) in [6.07, 6.45) is 4.01. The molecule has 2 aromatic rings. The van der Waals surface area contributed by atoms with Gasteiger partial charge < -0.3 is 16.0 Å². The van der Waals surface area contributed by atoms with Crippen LogP contribution < -0.4 is 16.0 Å². The van der Waals surface area contributed by atoms with Crippen LogP contribution in [0.1, 0.15) is 58.8 Å². The minimum absolute atomic E-state index is 0.0166. The molecule has 3 N–H and O–H groups in total. The Morgan fingerprint density at radius 1 is 1.03 bits per heavy atom. The van der Waals surface area contributed by atoms with Crippen molar-refractivity contribution in [1.82, 2.24) is 5.32 Å². The number of fused-ring (bicyclic) bond motifs is 1. The summed E-state index contributed by atoms with van der Waals surface area (Å²) in [6.45, 7) is 3.82. The number of hydrogen-bond acceptors (Lipinski definition) is 3. The van der Waals surface area contributed by atoms with E-state index in [0.717, 1.165) is 48.1 Å². The monoisotopic (exact) mass is 391 g/mol. The van der Waals surface area contributed by atoms with Crippen LogP contribution in [-0.4, -0.2) is 17.7 Å². The highest BCUT2D eigenvalue weighted by Gasteiger charge is 2.33. The summed E-state index contributed by atoms with van der Waals surface area (Å²) in [5.74, 6) is -0.529. The zero-order valence-electron chi connectivity index (χ0n) is 16.7. The van der Waals surface area contributed by atoms with Crippen molar-refractivity contribution in [2.24, 2.45) is 5.92 Å². The van der Waals surface area contributed by atoms with Gasteiger partial charge in [0.1, 0.15) is 6.04 Å². The highest BCUT2D eigenvalue weighted by molar-refractivity contribution is 6.07. The first-order chi connectivity index (χ1) is 13.9. The fourth-order valence-corrected chi connectivity index (χ4v) is 4.18. The van der Waals surface area contributed by atoms with Gasteiger partial charge in [0.15, 0.2) is 0 Å². The van der Waals surface area contributed by atoms with Crippen LogP contribution in [0.2, 0.25) is 0 Å². The van der Waals surface area contributed by atoms with Gasteiger partial charge >= 0.3 is 0 Å². The SMILES string of the molecule is Cc1ccc(C(=O)NC2C(=O)Nc3cccc(C)c32)cc1NC(=O)C1CCCC1. The van der Waals surface area contributed by atoms with Gasteiger partial charge in [-0.25, -0.2) is 0 Å². The van der Waals surface area contributed by atoms with Crippen molar-refractivity contribution >= 4 is 29.1 Å². The molecular weight excluding hydrogens is 366 g/mol. The molecule has 6 heteroatoms. The Balaban J connectivity index is 1.52. The number of amides is 3. The van der Waals surface area contributed by atoms with Crippen LogP contribution >= 0.6 is 0 Å². The molecular formula is C23H25N3O3. The van der Waals surface area contributed by atoms with Crippen LogP contribution in [0.5, 0.6) is 0 Å². The van der Waals surface area contributed by atoms with Crippen molar-refractivity contribution in [3.05, 3.63) is 58.7 Å². The highest BCUT2D eigenvalue weighted by Crippen LogP contribution is 2.33. The number of carbonyl (C=O) groups is 3. The third kappa shape index (κ3) is 3.75. The molecule has 1 aliphatic heterocycles. The molecule has 3 amide bonds. The molecule has 0 bridgehead atoms. The van der Waals surface area contributed by atoms with E-state index in [1.54, 1.807) is 12.1 Å². The zero-order chi connectivity index (χ0) is 20.5. The van der Waals surface area contributed by atoms with E-state index in [1.807, 2.05) is 38.1 Å². The van der Waals surface area contributed by atoms with Gasteiger partial charge in [-0.2, -0.15) is 0 Å². The standard InChI is InChI=1S/C23H25N3O3/c1-13-10-11-16(12-18(13)25-21(27)15-7-3-4-8-15)22(28)26-20-19-14(2)6-5-9-17(19)24-23(20)29/h5-6,9-12,15,20H,3-4,7-8H2,1-2H3,(H,24,29)(H,25,27)(H,26,28). The first-order valence-electron chi connectivity index (χ1n) is 10.1. The predicted octanol–water partition coefficient (Wildman–Crippen LogP) is 3.86. The number of nitrogens with one attached hydrogen (secondary N) is 3. The molecule has 0 radical (unpaired) electrons. The number of anilines is 2. The van der Waals surface area contributed by atoms with E-state index in [1.165, 1.54) is 0 Å². The number of carbonyl (C=O) groups excluding carboxylic acids is 3. The van der Waals surface area contributed by atoms with Crippen molar-refractivity contribution in [2.45, 2.75) is 45.6 Å². The van der Waals surface area contributed by atoms with Gasteiger partial charge in [-0.1, -0.05) is 31.0 Å². The van der Waals surface area contributed by atoms with E-state index >= 15 is 0 Å². The molecule has 1 aliphatic carbocycles. The third-order valence-corrected chi connectivity index (χ3v) is 5.89. The summed E-state index contributed by atoms with van der Waals surface area (Å²) >= 11 is 0. The average Bonchev–Trinajstić information content (AvgIpc) is 3.33. The molecule has 1 saturated carbocycles. The fourth-order valence-electron chi connectivity index (χ4n) is 4.18. The minimum Gasteiger partial charge on any atom is -0.336 e. The second-order valence-electron chi connectivity index (χ2n) is 7.93. The molecule has 4 rings (SSSR count). The van der Waals surface area contributed by atoms with E-state index in [2.05, 4.69) is 16.0 Å². The first-order valence-corrected chi connectivity index (χ1v) is 10.1. The zero-order valence-corrected chi connectivity index (χ0v) is 16.7. The van der Waals surface area contributed by atoms with Gasteiger partial charge in [0, 0.05) is 28.4 Å². The molecule has 0 aromatic heterocycles. The van der Waals surface area contributed by atoms with E-state index in [-0.39, 0.29) is 23.6 Å². The lowest BCUT2D eigenvalue weighted by molar-refractivity contribution is -0.119. The summed E-state index contributed by atoms with van der Waals surface area (Å²) in [5.41, 5.74) is 4.42. The van der Waals surface area contributed by atoms with Gasteiger partial charge in [0.25, 0.3) is 11.8 Å². The number of hydrogen-bond donors (Lipinski definition) is 3. The molecule has 2 aliphatic rings. The Morgan fingerprint density at radius 2 is 1.79 bits per heavy atom. The van der Waals surface area contributed by atoms with E-state index < -0.39 is 6.04 Å². The van der Waals surface area contributed by atoms with Crippen LogP contribution in [0.4, 0.5) is 11.4 Å². The summed E-state index contributed by atoms with van der Waals surface area (Å²) in [5, 5.41) is 8.62. The number of aryl methyl sites for hydroxylation is 2. The topological polar surface area (TPSA) is 87.3 Å². The van der Waals surface area contributed by atoms with Crippen LogP contribution in [0.15, 0.2) is 36.4 Å². The molecule has 2 aromatic carbocycles. The fraction of sp³-hybridized carbons (Fsp3) is 0.348. The second-order valence-corrected chi connectivity index (χ2v) is 7.93. The molecule has 1 unspecified atom stereocenters. The average molecular weight is 391 g/mol. The molecule has 150 valence electrons. The van der Waals surface area contributed by atoms with Crippen molar-refractivity contribution < 1.29 is 14.4 Å². The van der Waals surface area contributed by atoms with Gasteiger partial charge in [-0.15, -0.1) is 0 Å². The lowest BCUT2D eigenvalue weighted by Crippen LogP contribution is -2.33. The number of benzene rings is 2. The van der Waals surface area contributed by atoms with Gasteiger partial charge in [0.2, 0.25) is 5.91 Å². The minimum atomic E-state index is -0.725. The Kier molecular flexibility index (Phi) is 5.09. The maximum absolute atomic E-state index is 12.9. The Hall–Kier alpha value is -3.15. The first kappa shape index (κ1) is 19.2.